The minimum absolute atomic E-state index is 0.0111. The maximum atomic E-state index is 13.5. The average Bonchev–Trinajstić information content (AvgIpc) is 3.26. The summed E-state index contributed by atoms with van der Waals surface area (Å²) in [5.41, 5.74) is 0.714. The molecule has 2 aromatic carbocycles. The lowest BCUT2D eigenvalue weighted by Gasteiger charge is -2.13. The highest BCUT2D eigenvalue weighted by atomic mass is 35.5. The number of oxazole rings is 1. The van der Waals surface area contributed by atoms with Crippen molar-refractivity contribution < 1.29 is 22.8 Å². The van der Waals surface area contributed by atoms with E-state index in [2.05, 4.69) is 20.6 Å². The lowest BCUT2D eigenvalue weighted by atomic mass is 10.0. The van der Waals surface area contributed by atoms with Crippen molar-refractivity contribution >= 4 is 34.8 Å². The predicted molar refractivity (Wildman–Crippen MR) is 132 cm³/mol. The Morgan fingerprint density at radius 3 is 2.56 bits per heavy atom. The number of carbonyl (C=O) groups is 2. The number of aliphatic imine (C=N–C) groups is 1. The zero-order valence-corrected chi connectivity index (χ0v) is 20.6. The van der Waals surface area contributed by atoms with Crippen molar-refractivity contribution in [2.24, 2.45) is 4.99 Å². The summed E-state index contributed by atoms with van der Waals surface area (Å²) >= 11 is 6.31. The molecule has 2 N–H and O–H groups in total. The number of halogens is 3. The van der Waals surface area contributed by atoms with E-state index in [1.54, 1.807) is 31.2 Å². The standard InChI is InChI=1S/C25H22ClF2N5O3/c1-13-9-15(11-29)10-17(23(34)30-4)20(13)33-24(35)21-22(16-7-5-6-8-18(16)26)36-19(32-21)12-31-14(2)25(3,27)28/h5-10H,12H2,1-4H3,(H,30,34)(H,33,35)/b31-14+. The zero-order valence-electron chi connectivity index (χ0n) is 19.9. The van der Waals surface area contributed by atoms with Crippen LogP contribution in [0.15, 0.2) is 45.8 Å². The number of hydrogen-bond donors (Lipinski definition) is 2. The van der Waals surface area contributed by atoms with Gasteiger partial charge in [-0.1, -0.05) is 23.7 Å². The number of anilines is 1. The molecule has 0 aliphatic carbocycles. The van der Waals surface area contributed by atoms with Crippen LogP contribution in [-0.2, 0) is 6.54 Å². The monoisotopic (exact) mass is 513 g/mol. The second kappa shape index (κ2) is 10.7. The fourth-order valence-corrected chi connectivity index (χ4v) is 3.46. The molecule has 0 unspecified atom stereocenters. The van der Waals surface area contributed by atoms with Gasteiger partial charge in [0.2, 0.25) is 5.89 Å². The molecule has 0 radical (unpaired) electrons. The molecule has 0 saturated carbocycles. The third kappa shape index (κ3) is 5.75. The second-order valence-electron chi connectivity index (χ2n) is 7.92. The summed E-state index contributed by atoms with van der Waals surface area (Å²) in [6.07, 6.45) is 0. The molecule has 0 saturated heterocycles. The number of nitriles is 1. The Morgan fingerprint density at radius 2 is 1.94 bits per heavy atom. The molecule has 36 heavy (non-hydrogen) atoms. The summed E-state index contributed by atoms with van der Waals surface area (Å²) < 4.78 is 32.7. The Labute approximate surface area is 211 Å². The van der Waals surface area contributed by atoms with Gasteiger partial charge in [0.05, 0.1) is 33.6 Å². The Bertz CT molecular complexity index is 1400. The normalized spacial score (nSPS) is 11.7. The van der Waals surface area contributed by atoms with E-state index in [1.165, 1.54) is 26.1 Å². The highest BCUT2D eigenvalue weighted by molar-refractivity contribution is 6.33. The number of amides is 2. The number of aryl methyl sites for hydroxylation is 1. The molecule has 0 aliphatic rings. The predicted octanol–water partition coefficient (Wildman–Crippen LogP) is 5.40. The minimum Gasteiger partial charge on any atom is -0.438 e. The summed E-state index contributed by atoms with van der Waals surface area (Å²) in [6.45, 7) is 3.20. The van der Waals surface area contributed by atoms with Crippen LogP contribution in [0.1, 0.15) is 51.7 Å². The number of carbonyl (C=O) groups excluding carboxylic acids is 2. The quantitative estimate of drug-likeness (QED) is 0.410. The maximum Gasteiger partial charge on any atom is 0.282 e. The summed E-state index contributed by atoms with van der Waals surface area (Å²) in [4.78, 5) is 33.8. The van der Waals surface area contributed by atoms with E-state index in [0.717, 1.165) is 6.92 Å². The summed E-state index contributed by atoms with van der Waals surface area (Å²) in [5, 5.41) is 14.7. The first-order valence-electron chi connectivity index (χ1n) is 10.7. The SMILES string of the molecule is CNC(=O)c1cc(C#N)cc(C)c1NC(=O)c1nc(C/N=C(\C)C(C)(F)F)oc1-c1ccccc1Cl. The fraction of sp³-hybridized carbons (Fsp3) is 0.240. The van der Waals surface area contributed by atoms with Crippen molar-refractivity contribution in [1.82, 2.24) is 10.3 Å². The Morgan fingerprint density at radius 1 is 1.25 bits per heavy atom. The first-order valence-corrected chi connectivity index (χ1v) is 11.1. The average molecular weight is 514 g/mol. The molecule has 0 spiro atoms. The lowest BCUT2D eigenvalue weighted by Crippen LogP contribution is -2.23. The molecule has 0 aliphatic heterocycles. The van der Waals surface area contributed by atoms with Crippen LogP contribution in [-0.4, -0.2) is 35.5 Å². The molecule has 0 atom stereocenters. The maximum absolute atomic E-state index is 13.5. The van der Waals surface area contributed by atoms with E-state index in [-0.39, 0.29) is 45.7 Å². The van der Waals surface area contributed by atoms with Gasteiger partial charge >= 0.3 is 0 Å². The Kier molecular flexibility index (Phi) is 7.85. The first kappa shape index (κ1) is 26.5. The third-order valence-electron chi connectivity index (χ3n) is 5.27. The van der Waals surface area contributed by atoms with Crippen LogP contribution in [0.25, 0.3) is 11.3 Å². The van der Waals surface area contributed by atoms with Gasteiger partial charge in [0.1, 0.15) is 6.54 Å². The highest BCUT2D eigenvalue weighted by Gasteiger charge is 2.27. The molecule has 3 aromatic rings. The number of rotatable bonds is 7. The molecule has 3 rings (SSSR count). The van der Waals surface area contributed by atoms with Crippen molar-refractivity contribution in [2.75, 3.05) is 12.4 Å². The number of aromatic nitrogens is 1. The largest absolute Gasteiger partial charge is 0.438 e. The van der Waals surface area contributed by atoms with Gasteiger partial charge < -0.3 is 15.1 Å². The molecule has 1 heterocycles. The van der Waals surface area contributed by atoms with E-state index >= 15 is 0 Å². The molecule has 8 nitrogen and oxygen atoms in total. The van der Waals surface area contributed by atoms with E-state index in [1.807, 2.05) is 6.07 Å². The fourth-order valence-electron chi connectivity index (χ4n) is 3.24. The Hall–Kier alpha value is -4.10. The molecular weight excluding hydrogens is 492 g/mol. The number of nitrogens with zero attached hydrogens (tertiary/aromatic N) is 3. The smallest absolute Gasteiger partial charge is 0.282 e. The van der Waals surface area contributed by atoms with Crippen molar-refractivity contribution in [3.05, 3.63) is 69.7 Å². The van der Waals surface area contributed by atoms with E-state index < -0.39 is 23.4 Å². The van der Waals surface area contributed by atoms with Crippen molar-refractivity contribution in [3.63, 3.8) is 0 Å². The molecule has 0 fully saturated rings. The Balaban J connectivity index is 2.08. The van der Waals surface area contributed by atoms with Crippen LogP contribution < -0.4 is 10.6 Å². The minimum atomic E-state index is -3.12. The van der Waals surface area contributed by atoms with Gasteiger partial charge in [0.15, 0.2) is 11.5 Å². The van der Waals surface area contributed by atoms with Crippen molar-refractivity contribution in [3.8, 4) is 17.4 Å². The van der Waals surface area contributed by atoms with Crippen LogP contribution >= 0.6 is 11.6 Å². The zero-order chi connectivity index (χ0) is 26.6. The van der Waals surface area contributed by atoms with Gasteiger partial charge in [-0.15, -0.1) is 0 Å². The second-order valence-corrected chi connectivity index (χ2v) is 8.32. The van der Waals surface area contributed by atoms with Crippen molar-refractivity contribution in [2.45, 2.75) is 33.2 Å². The summed E-state index contributed by atoms with van der Waals surface area (Å²) in [7, 11) is 1.42. The molecule has 2 amide bonds. The number of alkyl halides is 2. The van der Waals surface area contributed by atoms with Crippen molar-refractivity contribution in [1.29, 1.82) is 5.26 Å². The number of nitrogens with one attached hydrogen (secondary N) is 2. The van der Waals surface area contributed by atoms with Crippen LogP contribution in [0.3, 0.4) is 0 Å². The molecular formula is C25H22ClF2N5O3. The van der Waals surface area contributed by atoms with Crippen LogP contribution in [0.4, 0.5) is 14.5 Å². The van der Waals surface area contributed by atoms with Crippen LogP contribution in [0.5, 0.6) is 0 Å². The van der Waals surface area contributed by atoms with E-state index in [9.17, 15) is 23.6 Å². The molecule has 1 aromatic heterocycles. The van der Waals surface area contributed by atoms with Gasteiger partial charge in [-0.2, -0.15) is 5.26 Å². The topological polar surface area (TPSA) is 120 Å². The lowest BCUT2D eigenvalue weighted by molar-refractivity contribution is 0.0962. The number of benzene rings is 2. The van der Waals surface area contributed by atoms with Gasteiger partial charge in [0, 0.05) is 19.5 Å². The van der Waals surface area contributed by atoms with Gasteiger partial charge in [0.25, 0.3) is 17.7 Å². The highest BCUT2D eigenvalue weighted by Crippen LogP contribution is 2.33. The van der Waals surface area contributed by atoms with Gasteiger partial charge in [-0.25, -0.2) is 13.8 Å². The molecule has 0 bridgehead atoms. The van der Waals surface area contributed by atoms with Gasteiger partial charge in [-0.05, 0) is 43.7 Å². The van der Waals surface area contributed by atoms with E-state index in [4.69, 9.17) is 16.0 Å². The summed E-state index contributed by atoms with van der Waals surface area (Å²) in [6, 6.07) is 11.4. The van der Waals surface area contributed by atoms with Crippen LogP contribution in [0, 0.1) is 18.3 Å². The number of hydrogen-bond acceptors (Lipinski definition) is 6. The third-order valence-corrected chi connectivity index (χ3v) is 5.60. The summed E-state index contributed by atoms with van der Waals surface area (Å²) in [5.74, 6) is -4.44. The molecule has 11 heteroatoms. The van der Waals surface area contributed by atoms with Gasteiger partial charge in [-0.3, -0.25) is 14.6 Å². The van der Waals surface area contributed by atoms with Crippen LogP contribution in [0.2, 0.25) is 5.02 Å². The van der Waals surface area contributed by atoms with E-state index in [0.29, 0.717) is 11.1 Å². The molecule has 186 valence electrons. The first-order chi connectivity index (χ1) is 17.0.